The summed E-state index contributed by atoms with van der Waals surface area (Å²) in [5, 5.41) is 0. The molecule has 3 heteroatoms. The van der Waals surface area contributed by atoms with Crippen LogP contribution in [-0.4, -0.2) is 35.7 Å². The summed E-state index contributed by atoms with van der Waals surface area (Å²) in [4.78, 5) is 13.1. The van der Waals surface area contributed by atoms with Crippen molar-refractivity contribution in [3.8, 4) is 0 Å². The van der Waals surface area contributed by atoms with Crippen LogP contribution < -0.4 is 8.92 Å². The zero-order valence-corrected chi connectivity index (χ0v) is 16.6. The quantitative estimate of drug-likeness (QED) is 0.637. The third kappa shape index (κ3) is 5.06. The van der Waals surface area contributed by atoms with Crippen LogP contribution in [0, 0.1) is 5.92 Å². The minimum atomic E-state index is 0.239. The second-order valence-corrected chi connectivity index (χ2v) is 12.4. The van der Waals surface area contributed by atoms with Crippen molar-refractivity contribution in [2.45, 2.75) is 35.8 Å². The van der Waals surface area contributed by atoms with Crippen LogP contribution in [-0.2, 0) is 4.79 Å². The molecule has 1 aliphatic rings. The van der Waals surface area contributed by atoms with Crippen LogP contribution in [0.15, 0.2) is 60.7 Å². The topological polar surface area (TPSA) is 17.1 Å². The molecule has 0 spiro atoms. The van der Waals surface area contributed by atoms with Gasteiger partial charge in [0.25, 0.3) is 0 Å². The van der Waals surface area contributed by atoms with E-state index in [0.717, 1.165) is 12.8 Å². The number of carbonyl (C=O) groups is 1. The van der Waals surface area contributed by atoms with Gasteiger partial charge < -0.3 is 0 Å². The molecule has 0 N–H and O–H groups in total. The van der Waals surface area contributed by atoms with Crippen LogP contribution in [0.1, 0.15) is 32.1 Å². The van der Waals surface area contributed by atoms with Crippen molar-refractivity contribution in [2.75, 3.05) is 0 Å². The standard InChI is InChI=1S/C20H22OSe2/c21-19(16-10-4-1-5-11-16)20(22-17-12-6-2-7-13-17)23-18-14-8-3-9-15-18/h2-3,6-9,12-16,20H,1,4-5,10-11H2. The van der Waals surface area contributed by atoms with Gasteiger partial charge in [-0.3, -0.25) is 0 Å². The van der Waals surface area contributed by atoms with E-state index in [4.69, 9.17) is 0 Å². The van der Waals surface area contributed by atoms with Crippen LogP contribution in [0.5, 0.6) is 0 Å². The summed E-state index contributed by atoms with van der Waals surface area (Å²) < 4.78 is 2.95. The van der Waals surface area contributed by atoms with Gasteiger partial charge in [-0.1, -0.05) is 0 Å². The molecule has 1 fully saturated rings. The predicted molar refractivity (Wildman–Crippen MR) is 99.0 cm³/mol. The van der Waals surface area contributed by atoms with Crippen molar-refractivity contribution in [1.29, 1.82) is 0 Å². The van der Waals surface area contributed by atoms with E-state index < -0.39 is 0 Å². The fourth-order valence-corrected chi connectivity index (χ4v) is 9.66. The van der Waals surface area contributed by atoms with Gasteiger partial charge in [-0.05, 0) is 0 Å². The molecule has 3 rings (SSSR count). The van der Waals surface area contributed by atoms with E-state index in [0.29, 0.717) is 11.7 Å². The van der Waals surface area contributed by atoms with Gasteiger partial charge in [-0.25, -0.2) is 0 Å². The van der Waals surface area contributed by atoms with Gasteiger partial charge in [0.15, 0.2) is 0 Å². The molecular formula is C20H22OSe2. The van der Waals surface area contributed by atoms with Gasteiger partial charge in [-0.15, -0.1) is 0 Å². The van der Waals surface area contributed by atoms with Gasteiger partial charge >= 0.3 is 152 Å². The van der Waals surface area contributed by atoms with Crippen molar-refractivity contribution in [3.05, 3.63) is 60.7 Å². The molecule has 0 saturated heterocycles. The summed E-state index contributed by atoms with van der Waals surface area (Å²) in [5.74, 6) is 0.877. The van der Waals surface area contributed by atoms with Crippen LogP contribution >= 0.6 is 0 Å². The third-order valence-electron chi connectivity index (χ3n) is 4.21. The Kier molecular flexibility index (Phi) is 6.54. The van der Waals surface area contributed by atoms with Crippen molar-refractivity contribution in [2.24, 2.45) is 5.92 Å². The van der Waals surface area contributed by atoms with Crippen molar-refractivity contribution in [1.82, 2.24) is 0 Å². The van der Waals surface area contributed by atoms with Gasteiger partial charge in [0.2, 0.25) is 0 Å². The van der Waals surface area contributed by atoms with Gasteiger partial charge in [0, 0.05) is 0 Å². The molecule has 2 aromatic rings. The summed E-state index contributed by atoms with van der Waals surface area (Å²) >= 11 is 0.483. The Labute approximate surface area is 151 Å². The first-order valence-corrected chi connectivity index (χ1v) is 12.0. The maximum absolute atomic E-state index is 13.1. The number of Topliss-reactive ketones (excluding diaryl/α,β-unsaturated/α-hetero) is 1. The third-order valence-corrected chi connectivity index (χ3v) is 10.5. The maximum atomic E-state index is 13.1. The monoisotopic (exact) mass is 438 g/mol. The Hall–Kier alpha value is -0.851. The Bertz CT molecular complexity index is 565. The number of hydrogen-bond acceptors (Lipinski definition) is 1. The van der Waals surface area contributed by atoms with Crippen molar-refractivity contribution < 1.29 is 4.79 Å². The molecule has 23 heavy (non-hydrogen) atoms. The molecule has 0 heterocycles. The number of rotatable bonds is 6. The number of hydrogen-bond donors (Lipinski definition) is 0. The number of ketones is 1. The first-order chi connectivity index (χ1) is 11.3. The fourth-order valence-electron chi connectivity index (χ4n) is 2.97. The summed E-state index contributed by atoms with van der Waals surface area (Å²) in [6.07, 6.45) is 6.01. The minimum absolute atomic E-state index is 0.239. The second-order valence-electron chi connectivity index (χ2n) is 5.93. The average molecular weight is 436 g/mol. The van der Waals surface area contributed by atoms with E-state index in [1.54, 1.807) is 0 Å². The Morgan fingerprint density at radius 3 is 1.74 bits per heavy atom. The Morgan fingerprint density at radius 2 is 1.26 bits per heavy atom. The summed E-state index contributed by atoms with van der Waals surface area (Å²) in [7, 11) is 0. The molecule has 2 aromatic carbocycles. The Morgan fingerprint density at radius 1 is 0.783 bits per heavy atom. The molecular weight excluding hydrogens is 414 g/mol. The molecule has 0 aliphatic heterocycles. The van der Waals surface area contributed by atoms with Gasteiger partial charge in [-0.2, -0.15) is 0 Å². The van der Waals surface area contributed by atoms with E-state index in [1.807, 2.05) is 0 Å². The van der Waals surface area contributed by atoms with E-state index >= 15 is 0 Å². The molecule has 0 radical (unpaired) electrons. The second kappa shape index (κ2) is 8.85. The van der Waals surface area contributed by atoms with Gasteiger partial charge in [0.05, 0.1) is 0 Å². The number of carbonyl (C=O) groups excluding carboxylic acids is 1. The fraction of sp³-hybridized carbons (Fsp3) is 0.350. The zero-order chi connectivity index (χ0) is 15.9. The summed E-state index contributed by atoms with van der Waals surface area (Å²) in [6.45, 7) is 0. The van der Waals surface area contributed by atoms with E-state index in [2.05, 4.69) is 60.7 Å². The van der Waals surface area contributed by atoms with E-state index in [1.165, 1.54) is 28.2 Å². The van der Waals surface area contributed by atoms with E-state index in [9.17, 15) is 4.79 Å². The summed E-state index contributed by atoms with van der Waals surface area (Å²) in [6, 6.07) is 21.2. The predicted octanol–water partition coefficient (Wildman–Crippen LogP) is 2.94. The molecule has 0 aromatic heterocycles. The van der Waals surface area contributed by atoms with Crippen LogP contribution in [0.4, 0.5) is 0 Å². The first kappa shape index (κ1) is 17.0. The van der Waals surface area contributed by atoms with Crippen molar-refractivity contribution in [3.63, 3.8) is 0 Å². The molecule has 1 aliphatic carbocycles. The molecule has 0 amide bonds. The normalized spacial score (nSPS) is 15.7. The SMILES string of the molecule is O=C(C1CCCCC1)C([Se]c1ccccc1)[Se]c1ccccc1. The molecule has 0 atom stereocenters. The average Bonchev–Trinajstić information content (AvgIpc) is 2.63. The van der Waals surface area contributed by atoms with Crippen molar-refractivity contribution >= 4 is 44.6 Å². The van der Waals surface area contributed by atoms with Crippen LogP contribution in [0.3, 0.4) is 0 Å². The summed E-state index contributed by atoms with van der Waals surface area (Å²) in [5.41, 5.74) is 0. The first-order valence-electron chi connectivity index (χ1n) is 8.30. The number of benzene rings is 2. The zero-order valence-electron chi connectivity index (χ0n) is 13.2. The van der Waals surface area contributed by atoms with Crippen LogP contribution in [0.25, 0.3) is 0 Å². The molecule has 120 valence electrons. The van der Waals surface area contributed by atoms with Crippen LogP contribution in [0.2, 0.25) is 3.71 Å². The molecule has 0 unspecified atom stereocenters. The molecule has 1 nitrogen and oxygen atoms in total. The molecule has 0 bridgehead atoms. The Balaban J connectivity index is 1.76. The van der Waals surface area contributed by atoms with Gasteiger partial charge in [0.1, 0.15) is 0 Å². The molecule has 1 saturated carbocycles. The van der Waals surface area contributed by atoms with E-state index in [-0.39, 0.29) is 33.6 Å².